The fourth-order valence-electron chi connectivity index (χ4n) is 4.96. The summed E-state index contributed by atoms with van der Waals surface area (Å²) < 4.78 is 9.13. The zero-order valence-electron chi connectivity index (χ0n) is 19.6. The van der Waals surface area contributed by atoms with E-state index in [2.05, 4.69) is 69.2 Å². The van der Waals surface area contributed by atoms with Crippen molar-refractivity contribution in [1.29, 1.82) is 0 Å². The Morgan fingerprint density at radius 2 is 1.64 bits per heavy atom. The van der Waals surface area contributed by atoms with Crippen molar-refractivity contribution in [2.24, 2.45) is 7.05 Å². The van der Waals surface area contributed by atoms with Crippen LogP contribution in [0, 0.1) is 34.6 Å². The second-order valence-electron chi connectivity index (χ2n) is 8.92. The molecule has 33 heavy (non-hydrogen) atoms. The Labute approximate surface area is 195 Å². The highest BCUT2D eigenvalue weighted by Gasteiger charge is 2.22. The Kier molecular flexibility index (Phi) is 4.26. The number of thiazole rings is 1. The Balaban J connectivity index is 1.74. The highest BCUT2D eigenvalue weighted by Crippen LogP contribution is 2.45. The maximum absolute atomic E-state index is 6.07. The van der Waals surface area contributed by atoms with Crippen LogP contribution >= 0.6 is 11.3 Å². The van der Waals surface area contributed by atoms with Gasteiger partial charge in [-0.1, -0.05) is 12.1 Å². The lowest BCUT2D eigenvalue weighted by Gasteiger charge is -2.14. The van der Waals surface area contributed by atoms with Crippen LogP contribution in [0.4, 0.5) is 0 Å². The largest absolute Gasteiger partial charge is 0.440 e. The van der Waals surface area contributed by atoms with E-state index in [0.29, 0.717) is 5.89 Å². The summed E-state index contributed by atoms with van der Waals surface area (Å²) in [7, 11) is 1.97. The molecule has 6 rings (SSSR count). The van der Waals surface area contributed by atoms with Gasteiger partial charge in [0, 0.05) is 47.8 Å². The standard InChI is InChI=1S/C27H24N4OS/c1-13-9-19(26-21(10-13)28-16(4)32-26)23-15(3)11-20(27-25(23)29-17(5)33-27)22-14(2)7-8-18-12-31(6)30-24(18)22/h7-12H,1-6H3. The van der Waals surface area contributed by atoms with E-state index in [9.17, 15) is 0 Å². The highest BCUT2D eigenvalue weighted by molar-refractivity contribution is 7.19. The van der Waals surface area contributed by atoms with Gasteiger partial charge < -0.3 is 4.42 Å². The Morgan fingerprint density at radius 1 is 0.848 bits per heavy atom. The molecule has 0 saturated heterocycles. The first-order valence-corrected chi connectivity index (χ1v) is 11.8. The van der Waals surface area contributed by atoms with Crippen molar-refractivity contribution in [2.45, 2.75) is 34.6 Å². The van der Waals surface area contributed by atoms with E-state index in [0.717, 1.165) is 54.8 Å². The first kappa shape index (κ1) is 20.1. The van der Waals surface area contributed by atoms with Crippen LogP contribution in [0.1, 0.15) is 27.6 Å². The molecule has 6 aromatic rings. The Morgan fingerprint density at radius 3 is 2.45 bits per heavy atom. The van der Waals surface area contributed by atoms with E-state index < -0.39 is 0 Å². The first-order valence-electron chi connectivity index (χ1n) is 11.0. The molecule has 3 heterocycles. The van der Waals surface area contributed by atoms with Crippen LogP contribution in [0.15, 0.2) is 40.9 Å². The van der Waals surface area contributed by atoms with Crippen molar-refractivity contribution in [3.05, 3.63) is 64.1 Å². The molecule has 3 aromatic carbocycles. The van der Waals surface area contributed by atoms with Crippen LogP contribution in [-0.4, -0.2) is 19.7 Å². The van der Waals surface area contributed by atoms with Crippen LogP contribution in [0.2, 0.25) is 0 Å². The quantitative estimate of drug-likeness (QED) is 0.279. The molecule has 6 heteroatoms. The maximum atomic E-state index is 6.07. The van der Waals surface area contributed by atoms with Crippen molar-refractivity contribution in [3.63, 3.8) is 0 Å². The van der Waals surface area contributed by atoms with Gasteiger partial charge in [0.25, 0.3) is 0 Å². The second-order valence-corrected chi connectivity index (χ2v) is 10.1. The Bertz CT molecular complexity index is 1730. The van der Waals surface area contributed by atoms with Gasteiger partial charge in [0.1, 0.15) is 11.0 Å². The number of rotatable bonds is 2. The number of hydrogen-bond donors (Lipinski definition) is 0. The minimum atomic E-state index is 0.675. The summed E-state index contributed by atoms with van der Waals surface area (Å²) in [6.45, 7) is 10.4. The van der Waals surface area contributed by atoms with E-state index in [-0.39, 0.29) is 0 Å². The van der Waals surface area contributed by atoms with Gasteiger partial charge in [0.15, 0.2) is 11.5 Å². The number of aryl methyl sites for hydroxylation is 6. The van der Waals surface area contributed by atoms with E-state index in [1.54, 1.807) is 11.3 Å². The molecule has 0 aliphatic carbocycles. The molecule has 0 aliphatic rings. The van der Waals surface area contributed by atoms with Crippen LogP contribution < -0.4 is 0 Å². The summed E-state index contributed by atoms with van der Waals surface area (Å²) in [5.41, 5.74) is 11.8. The van der Waals surface area contributed by atoms with Gasteiger partial charge in [0.05, 0.1) is 15.2 Å². The van der Waals surface area contributed by atoms with Crippen molar-refractivity contribution < 1.29 is 4.42 Å². The normalized spacial score (nSPS) is 11.9. The summed E-state index contributed by atoms with van der Waals surface area (Å²) in [6, 6.07) is 10.9. The zero-order valence-corrected chi connectivity index (χ0v) is 20.4. The number of oxazole rings is 1. The molecule has 5 nitrogen and oxygen atoms in total. The molecule has 0 saturated carbocycles. The van der Waals surface area contributed by atoms with Gasteiger partial charge in [-0.3, -0.25) is 4.68 Å². The topological polar surface area (TPSA) is 56.7 Å². The summed E-state index contributed by atoms with van der Waals surface area (Å²) in [5.74, 6) is 0.675. The van der Waals surface area contributed by atoms with E-state index >= 15 is 0 Å². The van der Waals surface area contributed by atoms with Crippen molar-refractivity contribution in [2.75, 3.05) is 0 Å². The molecule has 0 N–H and O–H groups in total. The van der Waals surface area contributed by atoms with E-state index in [1.807, 2.05) is 18.7 Å². The smallest absolute Gasteiger partial charge is 0.192 e. The van der Waals surface area contributed by atoms with E-state index in [1.165, 1.54) is 21.4 Å². The van der Waals surface area contributed by atoms with Gasteiger partial charge >= 0.3 is 0 Å². The fourth-order valence-corrected chi connectivity index (χ4v) is 5.91. The van der Waals surface area contributed by atoms with Gasteiger partial charge in [0.2, 0.25) is 0 Å². The Hall–Kier alpha value is -3.51. The number of fused-ring (bicyclic) bond motifs is 3. The molecular formula is C27H24N4OS. The monoisotopic (exact) mass is 452 g/mol. The molecule has 0 atom stereocenters. The van der Waals surface area contributed by atoms with Gasteiger partial charge in [-0.25, -0.2) is 9.97 Å². The molecule has 0 fully saturated rings. The molecule has 0 radical (unpaired) electrons. The zero-order chi connectivity index (χ0) is 23.0. The molecule has 0 aliphatic heterocycles. The van der Waals surface area contributed by atoms with Crippen LogP contribution in [0.3, 0.4) is 0 Å². The van der Waals surface area contributed by atoms with Crippen LogP contribution in [0.5, 0.6) is 0 Å². The lowest BCUT2D eigenvalue weighted by Crippen LogP contribution is -1.93. The first-order chi connectivity index (χ1) is 15.8. The lowest BCUT2D eigenvalue weighted by atomic mass is 9.91. The fraction of sp³-hybridized carbons (Fsp3) is 0.222. The molecule has 0 unspecified atom stereocenters. The molecule has 164 valence electrons. The van der Waals surface area contributed by atoms with Crippen molar-refractivity contribution in [1.82, 2.24) is 19.7 Å². The van der Waals surface area contributed by atoms with Crippen molar-refractivity contribution in [3.8, 4) is 22.3 Å². The summed E-state index contributed by atoms with van der Waals surface area (Å²) in [4.78, 5) is 9.62. The third-order valence-electron chi connectivity index (χ3n) is 6.25. The van der Waals surface area contributed by atoms with Gasteiger partial charge in [-0.2, -0.15) is 5.10 Å². The minimum absolute atomic E-state index is 0.675. The maximum Gasteiger partial charge on any atom is 0.192 e. The molecule has 0 spiro atoms. The average Bonchev–Trinajstić information content (AvgIpc) is 3.42. The summed E-state index contributed by atoms with van der Waals surface area (Å²) in [5, 5.41) is 7.00. The summed E-state index contributed by atoms with van der Waals surface area (Å²) in [6.07, 6.45) is 2.07. The number of nitrogens with zero attached hydrogens (tertiary/aromatic N) is 4. The van der Waals surface area contributed by atoms with Crippen LogP contribution in [0.25, 0.3) is 54.5 Å². The number of benzene rings is 3. The third-order valence-corrected chi connectivity index (χ3v) is 7.26. The molecule has 3 aromatic heterocycles. The SMILES string of the molecule is Cc1cc(-c2c(C)cc(-c3c(C)ccc4cn(C)nc34)c3sc(C)nc23)c2oc(C)nc2c1. The predicted octanol–water partition coefficient (Wildman–Crippen LogP) is 7.20. The molecule has 0 bridgehead atoms. The average molecular weight is 453 g/mol. The lowest BCUT2D eigenvalue weighted by molar-refractivity contribution is 0.562. The number of aromatic nitrogens is 4. The molecular weight excluding hydrogens is 428 g/mol. The third kappa shape index (κ3) is 3.01. The predicted molar refractivity (Wildman–Crippen MR) is 136 cm³/mol. The molecule has 0 amide bonds. The summed E-state index contributed by atoms with van der Waals surface area (Å²) >= 11 is 1.74. The minimum Gasteiger partial charge on any atom is -0.440 e. The van der Waals surface area contributed by atoms with Gasteiger partial charge in [-0.05, 0) is 62.6 Å². The van der Waals surface area contributed by atoms with E-state index in [4.69, 9.17) is 14.5 Å². The highest BCUT2D eigenvalue weighted by atomic mass is 32.1. The second kappa shape index (κ2) is 6.99. The number of hydrogen-bond acceptors (Lipinski definition) is 5. The van der Waals surface area contributed by atoms with Crippen LogP contribution in [-0.2, 0) is 7.05 Å². The van der Waals surface area contributed by atoms with Crippen molar-refractivity contribution >= 4 is 43.6 Å². The van der Waals surface area contributed by atoms with Gasteiger partial charge in [-0.15, -0.1) is 11.3 Å².